The molecule has 128 valence electrons. The van der Waals surface area contributed by atoms with Crippen LogP contribution in [0.15, 0.2) is 53.6 Å². The van der Waals surface area contributed by atoms with Crippen LogP contribution in [0.4, 0.5) is 10.1 Å². The molecule has 3 rings (SSSR count). The van der Waals surface area contributed by atoms with E-state index >= 15 is 0 Å². The summed E-state index contributed by atoms with van der Waals surface area (Å²) in [5, 5.41) is 13.4. The van der Waals surface area contributed by atoms with E-state index in [-0.39, 0.29) is 36.3 Å². The number of nitrogens with zero attached hydrogens (tertiary/aromatic N) is 2. The SMILES string of the molecule is O=C(NN=Cc1ccccc1O)C1CC(=O)N(c2ccc(F)cc2)C1. The van der Waals surface area contributed by atoms with E-state index in [1.54, 1.807) is 18.2 Å². The van der Waals surface area contributed by atoms with Crippen molar-refractivity contribution in [2.45, 2.75) is 6.42 Å². The van der Waals surface area contributed by atoms with E-state index in [4.69, 9.17) is 0 Å². The van der Waals surface area contributed by atoms with Crippen molar-refractivity contribution in [1.82, 2.24) is 5.43 Å². The van der Waals surface area contributed by atoms with Gasteiger partial charge in [0, 0.05) is 24.2 Å². The van der Waals surface area contributed by atoms with Crippen molar-refractivity contribution in [3.8, 4) is 5.75 Å². The Hall–Kier alpha value is -3.22. The zero-order chi connectivity index (χ0) is 17.8. The summed E-state index contributed by atoms with van der Waals surface area (Å²) < 4.78 is 13.0. The first-order valence-electron chi connectivity index (χ1n) is 7.71. The Morgan fingerprint density at radius 2 is 1.96 bits per heavy atom. The third-order valence-electron chi connectivity index (χ3n) is 3.95. The topological polar surface area (TPSA) is 82.0 Å². The Balaban J connectivity index is 1.61. The number of hydrogen-bond acceptors (Lipinski definition) is 4. The van der Waals surface area contributed by atoms with Gasteiger partial charge < -0.3 is 10.0 Å². The molecular formula is C18H16FN3O3. The fraction of sp³-hybridized carbons (Fsp3) is 0.167. The molecule has 0 aromatic heterocycles. The second kappa shape index (κ2) is 7.12. The summed E-state index contributed by atoms with van der Waals surface area (Å²) in [6.07, 6.45) is 1.40. The lowest BCUT2D eigenvalue weighted by Gasteiger charge is -2.16. The predicted octanol–water partition coefficient (Wildman–Crippen LogP) is 2.03. The Morgan fingerprint density at radius 1 is 1.24 bits per heavy atom. The van der Waals surface area contributed by atoms with E-state index in [2.05, 4.69) is 10.5 Å². The van der Waals surface area contributed by atoms with Crippen LogP contribution >= 0.6 is 0 Å². The zero-order valence-electron chi connectivity index (χ0n) is 13.2. The maximum Gasteiger partial charge on any atom is 0.245 e. The minimum absolute atomic E-state index is 0.0547. The molecule has 2 aromatic rings. The van der Waals surface area contributed by atoms with Crippen LogP contribution in [0.5, 0.6) is 5.75 Å². The number of anilines is 1. The molecule has 6 nitrogen and oxygen atoms in total. The number of phenols is 1. The molecule has 1 atom stereocenters. The minimum Gasteiger partial charge on any atom is -0.507 e. The highest BCUT2D eigenvalue weighted by Gasteiger charge is 2.35. The molecule has 25 heavy (non-hydrogen) atoms. The number of benzene rings is 2. The predicted molar refractivity (Wildman–Crippen MR) is 90.7 cm³/mol. The average molecular weight is 341 g/mol. The summed E-state index contributed by atoms with van der Waals surface area (Å²) in [5.41, 5.74) is 3.41. The normalized spacial score (nSPS) is 17.2. The number of aromatic hydroxyl groups is 1. The van der Waals surface area contributed by atoms with Crippen LogP contribution in [0.2, 0.25) is 0 Å². The molecule has 0 bridgehead atoms. The Morgan fingerprint density at radius 3 is 2.68 bits per heavy atom. The molecule has 1 heterocycles. The van der Waals surface area contributed by atoms with E-state index in [9.17, 15) is 19.1 Å². The van der Waals surface area contributed by atoms with Gasteiger partial charge in [0.25, 0.3) is 0 Å². The Labute approximate surface area is 143 Å². The summed E-state index contributed by atoms with van der Waals surface area (Å²) in [6, 6.07) is 12.1. The van der Waals surface area contributed by atoms with Crippen LogP contribution < -0.4 is 10.3 Å². The molecule has 1 saturated heterocycles. The highest BCUT2D eigenvalue weighted by atomic mass is 19.1. The van der Waals surface area contributed by atoms with Crippen LogP contribution in [-0.4, -0.2) is 29.7 Å². The number of carbonyl (C=O) groups is 2. The van der Waals surface area contributed by atoms with Crippen molar-refractivity contribution < 1.29 is 19.1 Å². The first-order valence-corrected chi connectivity index (χ1v) is 7.71. The quantitative estimate of drug-likeness (QED) is 0.659. The van der Waals surface area contributed by atoms with E-state index in [1.807, 2.05) is 0 Å². The number of carbonyl (C=O) groups excluding carboxylic acids is 2. The fourth-order valence-corrected chi connectivity index (χ4v) is 2.61. The van der Waals surface area contributed by atoms with Crippen molar-refractivity contribution in [3.63, 3.8) is 0 Å². The lowest BCUT2D eigenvalue weighted by atomic mass is 10.1. The van der Waals surface area contributed by atoms with Gasteiger partial charge in [-0.2, -0.15) is 5.10 Å². The van der Waals surface area contributed by atoms with Gasteiger partial charge in [-0.1, -0.05) is 12.1 Å². The van der Waals surface area contributed by atoms with Gasteiger partial charge in [0.05, 0.1) is 12.1 Å². The molecule has 0 spiro atoms. The lowest BCUT2D eigenvalue weighted by Crippen LogP contribution is -2.30. The maximum atomic E-state index is 13.0. The first kappa shape index (κ1) is 16.6. The number of nitrogens with one attached hydrogen (secondary N) is 1. The molecule has 2 amide bonds. The second-order valence-electron chi connectivity index (χ2n) is 5.67. The van der Waals surface area contributed by atoms with Gasteiger partial charge in [-0.15, -0.1) is 0 Å². The third kappa shape index (κ3) is 3.82. The number of phenolic OH excluding ortho intramolecular Hbond substituents is 1. The molecule has 1 aliphatic heterocycles. The zero-order valence-corrected chi connectivity index (χ0v) is 13.2. The minimum atomic E-state index is -0.543. The van der Waals surface area contributed by atoms with Gasteiger partial charge >= 0.3 is 0 Å². The van der Waals surface area contributed by atoms with Crippen LogP contribution in [-0.2, 0) is 9.59 Å². The van der Waals surface area contributed by atoms with Crippen LogP contribution in [0, 0.1) is 11.7 Å². The number of para-hydroxylation sites is 1. The number of hydrazone groups is 1. The fourth-order valence-electron chi connectivity index (χ4n) is 2.61. The van der Waals surface area contributed by atoms with Crippen molar-refractivity contribution >= 4 is 23.7 Å². The Bertz CT molecular complexity index is 821. The number of rotatable bonds is 4. The molecule has 2 N–H and O–H groups in total. The van der Waals surface area contributed by atoms with Crippen LogP contribution in [0.1, 0.15) is 12.0 Å². The van der Waals surface area contributed by atoms with E-state index < -0.39 is 5.92 Å². The van der Waals surface area contributed by atoms with Crippen molar-refractivity contribution in [1.29, 1.82) is 0 Å². The van der Waals surface area contributed by atoms with Gasteiger partial charge in [0.2, 0.25) is 11.8 Å². The smallest absolute Gasteiger partial charge is 0.245 e. The molecule has 7 heteroatoms. The largest absolute Gasteiger partial charge is 0.507 e. The monoisotopic (exact) mass is 341 g/mol. The van der Waals surface area contributed by atoms with Gasteiger partial charge in [-0.25, -0.2) is 9.82 Å². The van der Waals surface area contributed by atoms with E-state index in [0.29, 0.717) is 11.3 Å². The highest BCUT2D eigenvalue weighted by Crippen LogP contribution is 2.25. The maximum absolute atomic E-state index is 13.0. The van der Waals surface area contributed by atoms with E-state index in [0.717, 1.165) is 0 Å². The number of amides is 2. The van der Waals surface area contributed by atoms with Gasteiger partial charge in [-0.3, -0.25) is 9.59 Å². The first-order chi connectivity index (χ1) is 12.0. The molecule has 2 aromatic carbocycles. The van der Waals surface area contributed by atoms with Crippen molar-refractivity contribution in [2.24, 2.45) is 11.0 Å². The van der Waals surface area contributed by atoms with Crippen molar-refractivity contribution in [3.05, 3.63) is 59.9 Å². The van der Waals surface area contributed by atoms with Gasteiger partial charge in [-0.05, 0) is 36.4 Å². The summed E-state index contributed by atoms with van der Waals surface area (Å²) in [4.78, 5) is 25.7. The summed E-state index contributed by atoms with van der Waals surface area (Å²) >= 11 is 0. The summed E-state index contributed by atoms with van der Waals surface area (Å²) in [5.74, 6) is -1.46. The molecule has 0 saturated carbocycles. The molecule has 0 radical (unpaired) electrons. The number of halogens is 1. The third-order valence-corrected chi connectivity index (χ3v) is 3.95. The van der Waals surface area contributed by atoms with Crippen LogP contribution in [0.3, 0.4) is 0 Å². The molecule has 0 aliphatic carbocycles. The lowest BCUT2D eigenvalue weighted by molar-refractivity contribution is -0.126. The highest BCUT2D eigenvalue weighted by molar-refractivity contribution is 6.00. The molecule has 1 unspecified atom stereocenters. The standard InChI is InChI=1S/C18H16FN3O3/c19-14-5-7-15(8-6-14)22-11-13(9-17(22)24)18(25)21-20-10-12-3-1-2-4-16(12)23/h1-8,10,13,23H,9,11H2,(H,21,25). The molecule has 1 aliphatic rings. The average Bonchev–Trinajstić information content (AvgIpc) is 2.99. The van der Waals surface area contributed by atoms with Crippen LogP contribution in [0.25, 0.3) is 0 Å². The summed E-state index contributed by atoms with van der Waals surface area (Å²) in [6.45, 7) is 0.211. The van der Waals surface area contributed by atoms with Gasteiger partial charge in [0.15, 0.2) is 0 Å². The Kier molecular flexibility index (Phi) is 4.74. The van der Waals surface area contributed by atoms with Crippen molar-refractivity contribution in [2.75, 3.05) is 11.4 Å². The summed E-state index contributed by atoms with van der Waals surface area (Å²) in [7, 11) is 0. The molecular weight excluding hydrogens is 325 g/mol. The van der Waals surface area contributed by atoms with E-state index in [1.165, 1.54) is 41.4 Å². The molecule has 1 fully saturated rings. The van der Waals surface area contributed by atoms with Gasteiger partial charge in [0.1, 0.15) is 11.6 Å². The second-order valence-corrected chi connectivity index (χ2v) is 5.67. The number of hydrogen-bond donors (Lipinski definition) is 2.